The van der Waals surface area contributed by atoms with Gasteiger partial charge in [-0.3, -0.25) is 9.89 Å². The van der Waals surface area contributed by atoms with Crippen LogP contribution in [0.2, 0.25) is 0 Å². The van der Waals surface area contributed by atoms with Gasteiger partial charge in [0.1, 0.15) is 5.82 Å². The first kappa shape index (κ1) is 17.0. The van der Waals surface area contributed by atoms with Gasteiger partial charge in [0, 0.05) is 13.1 Å². The average molecular weight is 348 g/mol. The molecule has 1 aromatic heterocycles. The Morgan fingerprint density at radius 2 is 2.04 bits per heavy atom. The zero-order chi connectivity index (χ0) is 17.1. The van der Waals surface area contributed by atoms with Crippen LogP contribution in [0.3, 0.4) is 0 Å². The van der Waals surface area contributed by atoms with Crippen molar-refractivity contribution in [1.29, 1.82) is 0 Å². The number of hydrogen-bond donors (Lipinski definition) is 1. The molecule has 24 heavy (non-hydrogen) atoms. The smallest absolute Gasteiger partial charge is 0.233 e. The van der Waals surface area contributed by atoms with E-state index >= 15 is 0 Å². The molecule has 0 unspecified atom stereocenters. The van der Waals surface area contributed by atoms with Crippen LogP contribution in [-0.4, -0.2) is 44.8 Å². The summed E-state index contributed by atoms with van der Waals surface area (Å²) in [5.41, 5.74) is 0.377. The first-order valence-corrected chi connectivity index (χ1v) is 9.09. The summed E-state index contributed by atoms with van der Waals surface area (Å²) in [7, 11) is 0. The molecule has 1 N–H and O–H groups in total. The summed E-state index contributed by atoms with van der Waals surface area (Å²) in [4.78, 5) is 18.6. The third-order valence-corrected chi connectivity index (χ3v) is 4.97. The van der Waals surface area contributed by atoms with E-state index in [-0.39, 0.29) is 11.7 Å². The Labute approximate surface area is 145 Å². The number of nitrogens with zero attached hydrogens (tertiary/aromatic N) is 3. The van der Waals surface area contributed by atoms with E-state index in [1.807, 2.05) is 4.90 Å². The highest BCUT2D eigenvalue weighted by Gasteiger charge is 2.25. The molecule has 0 bridgehead atoms. The fourth-order valence-corrected chi connectivity index (χ4v) is 3.87. The van der Waals surface area contributed by atoms with E-state index in [0.29, 0.717) is 34.1 Å². The summed E-state index contributed by atoms with van der Waals surface area (Å²) in [6.07, 6.45) is 1.17. The number of carbonyl (C=O) groups is 1. The van der Waals surface area contributed by atoms with Gasteiger partial charge < -0.3 is 4.90 Å². The van der Waals surface area contributed by atoms with Gasteiger partial charge in [-0.1, -0.05) is 37.7 Å². The highest BCUT2D eigenvalue weighted by molar-refractivity contribution is 7.99. The molecule has 2 aromatic rings. The van der Waals surface area contributed by atoms with Gasteiger partial charge in [0.25, 0.3) is 0 Å². The number of hydrogen-bond acceptors (Lipinski definition) is 4. The predicted octanol–water partition coefficient (Wildman–Crippen LogP) is 3.21. The SMILES string of the molecule is C[C@@H]1C[C@@H](C)CN(C(=O)CSc2n[nH]c(-c3ccccc3F)n2)C1. The second kappa shape index (κ2) is 7.34. The molecule has 0 spiro atoms. The molecule has 1 fully saturated rings. The third-order valence-electron chi connectivity index (χ3n) is 4.14. The highest BCUT2D eigenvalue weighted by Crippen LogP contribution is 2.24. The van der Waals surface area contributed by atoms with Crippen LogP contribution in [0.1, 0.15) is 20.3 Å². The molecule has 3 rings (SSSR count). The first-order valence-electron chi connectivity index (χ1n) is 8.10. The van der Waals surface area contributed by atoms with E-state index in [0.717, 1.165) is 13.1 Å². The largest absolute Gasteiger partial charge is 0.341 e. The van der Waals surface area contributed by atoms with Crippen LogP contribution in [0, 0.1) is 17.7 Å². The monoisotopic (exact) mass is 348 g/mol. The number of aromatic amines is 1. The zero-order valence-corrected chi connectivity index (χ0v) is 14.6. The lowest BCUT2D eigenvalue weighted by Gasteiger charge is -2.34. The van der Waals surface area contributed by atoms with Crippen molar-refractivity contribution >= 4 is 17.7 Å². The van der Waals surface area contributed by atoms with Crippen molar-refractivity contribution in [2.75, 3.05) is 18.8 Å². The summed E-state index contributed by atoms with van der Waals surface area (Å²) >= 11 is 1.28. The lowest BCUT2D eigenvalue weighted by atomic mass is 9.92. The summed E-state index contributed by atoms with van der Waals surface area (Å²) in [6.45, 7) is 5.99. The Kier molecular flexibility index (Phi) is 5.18. The summed E-state index contributed by atoms with van der Waals surface area (Å²) in [5, 5.41) is 7.26. The average Bonchev–Trinajstić information content (AvgIpc) is 3.01. The number of aromatic nitrogens is 3. The summed E-state index contributed by atoms with van der Waals surface area (Å²) in [6, 6.07) is 6.40. The van der Waals surface area contributed by atoms with E-state index in [4.69, 9.17) is 0 Å². The molecular weight excluding hydrogens is 327 g/mol. The van der Waals surface area contributed by atoms with Crippen molar-refractivity contribution in [1.82, 2.24) is 20.1 Å². The maximum absolute atomic E-state index is 13.8. The quantitative estimate of drug-likeness (QED) is 0.862. The number of H-pyrrole nitrogens is 1. The molecule has 1 aliphatic rings. The van der Waals surface area contributed by atoms with Crippen molar-refractivity contribution < 1.29 is 9.18 Å². The van der Waals surface area contributed by atoms with Gasteiger partial charge in [-0.15, -0.1) is 5.10 Å². The van der Waals surface area contributed by atoms with Gasteiger partial charge in [0.05, 0.1) is 11.3 Å². The van der Waals surface area contributed by atoms with E-state index in [9.17, 15) is 9.18 Å². The first-order chi connectivity index (χ1) is 11.5. The number of amides is 1. The van der Waals surface area contributed by atoms with E-state index in [1.165, 1.54) is 24.2 Å². The Bertz CT molecular complexity index is 710. The Morgan fingerprint density at radius 1 is 1.33 bits per heavy atom. The third kappa shape index (κ3) is 3.95. The van der Waals surface area contributed by atoms with E-state index in [2.05, 4.69) is 29.0 Å². The van der Waals surface area contributed by atoms with Gasteiger partial charge in [-0.05, 0) is 30.4 Å². The number of likely N-dealkylation sites (tertiary alicyclic amines) is 1. The van der Waals surface area contributed by atoms with Gasteiger partial charge in [-0.25, -0.2) is 9.37 Å². The van der Waals surface area contributed by atoms with Gasteiger partial charge in [0.2, 0.25) is 11.1 Å². The molecule has 1 aromatic carbocycles. The van der Waals surface area contributed by atoms with Crippen LogP contribution in [0.5, 0.6) is 0 Å². The van der Waals surface area contributed by atoms with Crippen LogP contribution in [0.15, 0.2) is 29.4 Å². The van der Waals surface area contributed by atoms with Crippen molar-refractivity contribution in [2.24, 2.45) is 11.8 Å². The van der Waals surface area contributed by atoms with Crippen molar-refractivity contribution in [2.45, 2.75) is 25.4 Å². The minimum atomic E-state index is -0.349. The molecule has 2 heterocycles. The molecule has 0 aliphatic carbocycles. The van der Waals surface area contributed by atoms with E-state index < -0.39 is 0 Å². The maximum atomic E-state index is 13.8. The van der Waals surface area contributed by atoms with Crippen LogP contribution < -0.4 is 0 Å². The standard InChI is InChI=1S/C17H21FN4OS/c1-11-7-12(2)9-22(8-11)15(23)10-24-17-19-16(20-21-17)13-5-3-4-6-14(13)18/h3-6,11-12H,7-10H2,1-2H3,(H,19,20,21)/t11-,12-/m1/s1. The summed E-state index contributed by atoms with van der Waals surface area (Å²) < 4.78 is 13.8. The number of thioether (sulfide) groups is 1. The van der Waals surface area contributed by atoms with Crippen molar-refractivity contribution in [3.05, 3.63) is 30.1 Å². The van der Waals surface area contributed by atoms with Gasteiger partial charge in [0.15, 0.2) is 5.82 Å². The molecular formula is C17H21FN4OS. The minimum absolute atomic E-state index is 0.107. The Hall–Kier alpha value is -1.89. The Balaban J connectivity index is 1.59. The second-order valence-corrected chi connectivity index (χ2v) is 7.42. The molecule has 1 saturated heterocycles. The number of carbonyl (C=O) groups excluding carboxylic acids is 1. The van der Waals surface area contributed by atoms with Crippen LogP contribution in [0.4, 0.5) is 4.39 Å². The molecule has 1 aliphatic heterocycles. The lowest BCUT2D eigenvalue weighted by molar-refractivity contribution is -0.130. The van der Waals surface area contributed by atoms with Crippen LogP contribution in [0.25, 0.3) is 11.4 Å². The van der Waals surface area contributed by atoms with Gasteiger partial charge in [-0.2, -0.15) is 0 Å². The molecule has 5 nitrogen and oxygen atoms in total. The molecule has 1 amide bonds. The fourth-order valence-electron chi connectivity index (χ4n) is 3.17. The number of rotatable bonds is 4. The molecule has 0 radical (unpaired) electrons. The second-order valence-electron chi connectivity index (χ2n) is 6.48. The highest BCUT2D eigenvalue weighted by atomic mass is 32.2. The molecule has 0 saturated carbocycles. The number of benzene rings is 1. The topological polar surface area (TPSA) is 61.9 Å². The van der Waals surface area contributed by atoms with Crippen LogP contribution >= 0.6 is 11.8 Å². The Morgan fingerprint density at radius 3 is 2.75 bits per heavy atom. The maximum Gasteiger partial charge on any atom is 0.233 e. The molecule has 2 atom stereocenters. The predicted molar refractivity (Wildman–Crippen MR) is 92.0 cm³/mol. The summed E-state index contributed by atoms with van der Waals surface area (Å²) in [5.74, 6) is 1.52. The number of nitrogens with one attached hydrogen (secondary N) is 1. The number of halogens is 1. The van der Waals surface area contributed by atoms with Crippen molar-refractivity contribution in [3.8, 4) is 11.4 Å². The molecule has 7 heteroatoms. The normalized spacial score (nSPS) is 21.0. The van der Waals surface area contributed by atoms with E-state index in [1.54, 1.807) is 18.2 Å². The van der Waals surface area contributed by atoms with Crippen LogP contribution in [-0.2, 0) is 4.79 Å². The lowest BCUT2D eigenvalue weighted by Crippen LogP contribution is -2.43. The van der Waals surface area contributed by atoms with Crippen molar-refractivity contribution in [3.63, 3.8) is 0 Å². The number of piperidine rings is 1. The minimum Gasteiger partial charge on any atom is -0.341 e. The zero-order valence-electron chi connectivity index (χ0n) is 13.8. The fraction of sp³-hybridized carbons (Fsp3) is 0.471. The molecule has 128 valence electrons. The van der Waals surface area contributed by atoms with Gasteiger partial charge >= 0.3 is 0 Å².